The number of aliphatic hydroxyl groups is 1. The number of halogens is 2. The maximum Gasteiger partial charge on any atom is 0.255 e. The number of carbonyl (C=O) groups is 1. The van der Waals surface area contributed by atoms with E-state index in [0.29, 0.717) is 33.4 Å². The molecule has 0 spiro atoms. The van der Waals surface area contributed by atoms with E-state index in [-0.39, 0.29) is 12.1 Å². The third kappa shape index (κ3) is 5.57. The maximum atomic E-state index is 14.2. The first-order valence-electron chi connectivity index (χ1n) is 11.1. The van der Waals surface area contributed by atoms with Gasteiger partial charge >= 0.3 is 0 Å². The molecule has 12 heteroatoms. The fourth-order valence-corrected chi connectivity index (χ4v) is 3.52. The Hall–Kier alpha value is -3.57. The molecule has 4 rings (SSSR count). The molecule has 0 aromatic carbocycles. The van der Waals surface area contributed by atoms with Crippen molar-refractivity contribution in [2.45, 2.75) is 45.5 Å². The topological polar surface area (TPSA) is 123 Å². The first-order valence-corrected chi connectivity index (χ1v) is 11.5. The van der Waals surface area contributed by atoms with Crippen molar-refractivity contribution in [2.75, 3.05) is 11.9 Å². The zero-order valence-electron chi connectivity index (χ0n) is 19.5. The second-order valence-corrected chi connectivity index (χ2v) is 9.08. The predicted octanol–water partition coefficient (Wildman–Crippen LogP) is 3.66. The molecular formula is C23H26ClFN8O2. The molecule has 0 unspecified atom stereocenters. The van der Waals surface area contributed by atoms with E-state index in [2.05, 4.69) is 37.6 Å². The standard InChI is InChI=1S/C23H26ClFN8O2/c1-4-5-32-12-15(9-30-32)31-17-7-20(33-13-29-18-6-14(24)8-27-21(18)33)26-10-16(17)22(34)28-11-19(25)23(2,3)35/h6-10,12-13,19,35H,4-5,11H2,1-3H3,(H,26,31)(H,28,34)/t19-/m1/s1. The van der Waals surface area contributed by atoms with Gasteiger partial charge < -0.3 is 15.7 Å². The number of carbonyl (C=O) groups excluding carboxylic acids is 1. The van der Waals surface area contributed by atoms with Crippen LogP contribution >= 0.6 is 11.6 Å². The van der Waals surface area contributed by atoms with Gasteiger partial charge in [-0.25, -0.2) is 19.3 Å². The van der Waals surface area contributed by atoms with Crippen molar-refractivity contribution in [3.05, 3.63) is 53.8 Å². The summed E-state index contributed by atoms with van der Waals surface area (Å²) in [6, 6.07) is 3.37. The number of nitrogens with zero attached hydrogens (tertiary/aromatic N) is 6. The van der Waals surface area contributed by atoms with Gasteiger partial charge in [0.05, 0.1) is 40.3 Å². The van der Waals surface area contributed by atoms with E-state index in [4.69, 9.17) is 11.6 Å². The number of fused-ring (bicyclic) bond motifs is 1. The van der Waals surface area contributed by atoms with E-state index in [1.54, 1.807) is 33.9 Å². The largest absolute Gasteiger partial charge is 0.387 e. The van der Waals surface area contributed by atoms with Crippen LogP contribution in [-0.2, 0) is 6.54 Å². The van der Waals surface area contributed by atoms with Crippen molar-refractivity contribution in [1.29, 1.82) is 0 Å². The maximum absolute atomic E-state index is 14.2. The van der Waals surface area contributed by atoms with Crippen molar-refractivity contribution in [2.24, 2.45) is 0 Å². The second-order valence-electron chi connectivity index (χ2n) is 8.65. The summed E-state index contributed by atoms with van der Waals surface area (Å²) in [6.45, 7) is 5.14. The smallest absolute Gasteiger partial charge is 0.255 e. The van der Waals surface area contributed by atoms with Gasteiger partial charge in [-0.05, 0) is 26.3 Å². The summed E-state index contributed by atoms with van der Waals surface area (Å²) in [5.41, 5.74) is 0.856. The zero-order valence-corrected chi connectivity index (χ0v) is 20.3. The Morgan fingerprint density at radius 2 is 2.03 bits per heavy atom. The molecule has 0 saturated heterocycles. The van der Waals surface area contributed by atoms with Gasteiger partial charge in [0.2, 0.25) is 0 Å². The Balaban J connectivity index is 1.68. The van der Waals surface area contributed by atoms with Crippen LogP contribution in [0.15, 0.2) is 43.2 Å². The van der Waals surface area contributed by atoms with E-state index >= 15 is 0 Å². The van der Waals surface area contributed by atoms with Crippen LogP contribution in [0.1, 0.15) is 37.6 Å². The average Bonchev–Trinajstić information content (AvgIpc) is 3.43. The van der Waals surface area contributed by atoms with Gasteiger partial charge in [0.1, 0.15) is 23.8 Å². The molecule has 0 saturated carbocycles. The summed E-state index contributed by atoms with van der Waals surface area (Å²) in [7, 11) is 0. The first kappa shape index (κ1) is 24.6. The van der Waals surface area contributed by atoms with Gasteiger partial charge in [-0.2, -0.15) is 5.10 Å². The van der Waals surface area contributed by atoms with Gasteiger partial charge in [-0.15, -0.1) is 0 Å². The van der Waals surface area contributed by atoms with Crippen LogP contribution in [0.2, 0.25) is 5.02 Å². The van der Waals surface area contributed by atoms with E-state index in [9.17, 15) is 14.3 Å². The van der Waals surface area contributed by atoms with Crippen LogP contribution in [0.5, 0.6) is 0 Å². The third-order valence-corrected chi connectivity index (χ3v) is 5.52. The monoisotopic (exact) mass is 500 g/mol. The minimum atomic E-state index is -1.64. The quantitative estimate of drug-likeness (QED) is 0.320. The van der Waals surface area contributed by atoms with Crippen LogP contribution in [0.3, 0.4) is 0 Å². The molecule has 0 radical (unpaired) electrons. The lowest BCUT2D eigenvalue weighted by atomic mass is 10.0. The number of imidazole rings is 1. The molecule has 1 atom stereocenters. The number of pyridine rings is 2. The van der Waals surface area contributed by atoms with Gasteiger partial charge in [0, 0.05) is 31.2 Å². The molecule has 0 fully saturated rings. The average molecular weight is 501 g/mol. The van der Waals surface area contributed by atoms with Crippen LogP contribution in [0.4, 0.5) is 15.8 Å². The Morgan fingerprint density at radius 1 is 1.23 bits per heavy atom. The van der Waals surface area contributed by atoms with Crippen LogP contribution in [0, 0.1) is 0 Å². The van der Waals surface area contributed by atoms with Crippen LogP contribution in [-0.4, -0.2) is 58.6 Å². The van der Waals surface area contributed by atoms with Crippen molar-refractivity contribution >= 4 is 40.0 Å². The van der Waals surface area contributed by atoms with Crippen molar-refractivity contribution in [1.82, 2.24) is 34.6 Å². The zero-order chi connectivity index (χ0) is 25.2. The second kappa shape index (κ2) is 9.96. The number of nitrogens with one attached hydrogen (secondary N) is 2. The van der Waals surface area contributed by atoms with Crippen LogP contribution < -0.4 is 10.6 Å². The molecule has 35 heavy (non-hydrogen) atoms. The SMILES string of the molecule is CCCn1cc(Nc2cc(-n3cnc4cc(Cl)cnc43)ncc2C(=O)NC[C@@H](F)C(C)(C)O)cn1. The molecule has 10 nitrogen and oxygen atoms in total. The summed E-state index contributed by atoms with van der Waals surface area (Å²) in [5, 5.41) is 20.3. The van der Waals surface area contributed by atoms with Crippen molar-refractivity contribution in [3.63, 3.8) is 0 Å². The van der Waals surface area contributed by atoms with E-state index in [1.807, 2.05) is 6.20 Å². The minimum Gasteiger partial charge on any atom is -0.387 e. The number of amides is 1. The van der Waals surface area contributed by atoms with Crippen molar-refractivity contribution < 1.29 is 14.3 Å². The summed E-state index contributed by atoms with van der Waals surface area (Å²) in [5.74, 6) is -0.0815. The van der Waals surface area contributed by atoms with E-state index in [0.717, 1.165) is 13.0 Å². The highest BCUT2D eigenvalue weighted by Crippen LogP contribution is 2.25. The Kier molecular flexibility index (Phi) is 6.99. The number of hydrogen-bond donors (Lipinski definition) is 3. The van der Waals surface area contributed by atoms with Gasteiger partial charge in [0.15, 0.2) is 5.65 Å². The highest BCUT2D eigenvalue weighted by molar-refractivity contribution is 6.31. The highest BCUT2D eigenvalue weighted by Gasteiger charge is 2.27. The minimum absolute atomic E-state index is 0.195. The number of aryl methyl sites for hydroxylation is 1. The molecule has 0 aliphatic rings. The predicted molar refractivity (Wildman–Crippen MR) is 131 cm³/mol. The number of alkyl halides is 1. The Labute approximate surface area is 206 Å². The molecule has 184 valence electrons. The van der Waals surface area contributed by atoms with Gasteiger partial charge in [-0.3, -0.25) is 14.0 Å². The fourth-order valence-electron chi connectivity index (χ4n) is 3.37. The molecule has 4 aromatic rings. The summed E-state index contributed by atoms with van der Waals surface area (Å²) in [6.07, 6.45) is 7.23. The lowest BCUT2D eigenvalue weighted by Crippen LogP contribution is -2.42. The number of aromatic nitrogens is 6. The number of hydrogen-bond acceptors (Lipinski definition) is 7. The third-order valence-electron chi connectivity index (χ3n) is 5.31. The van der Waals surface area contributed by atoms with E-state index < -0.39 is 17.7 Å². The van der Waals surface area contributed by atoms with Crippen molar-refractivity contribution in [3.8, 4) is 5.82 Å². The molecule has 4 heterocycles. The molecule has 3 N–H and O–H groups in total. The van der Waals surface area contributed by atoms with Gasteiger partial charge in [0.25, 0.3) is 5.91 Å². The molecule has 0 bridgehead atoms. The lowest BCUT2D eigenvalue weighted by Gasteiger charge is -2.22. The Morgan fingerprint density at radius 3 is 2.77 bits per heavy atom. The van der Waals surface area contributed by atoms with Gasteiger partial charge in [-0.1, -0.05) is 18.5 Å². The van der Waals surface area contributed by atoms with E-state index in [1.165, 1.54) is 26.2 Å². The summed E-state index contributed by atoms with van der Waals surface area (Å²) >= 11 is 6.02. The highest BCUT2D eigenvalue weighted by atomic mass is 35.5. The summed E-state index contributed by atoms with van der Waals surface area (Å²) in [4.78, 5) is 26.0. The molecule has 1 amide bonds. The lowest BCUT2D eigenvalue weighted by molar-refractivity contribution is -0.00177. The molecule has 4 aromatic heterocycles. The normalized spacial score (nSPS) is 12.6. The molecule has 0 aliphatic heterocycles. The molecule has 0 aliphatic carbocycles. The number of anilines is 2. The first-order chi connectivity index (χ1) is 16.7. The molecular weight excluding hydrogens is 475 g/mol. The fraction of sp³-hybridized carbons (Fsp3) is 0.348. The summed E-state index contributed by atoms with van der Waals surface area (Å²) < 4.78 is 17.7. The number of rotatable bonds is 9. The van der Waals surface area contributed by atoms with Crippen LogP contribution in [0.25, 0.3) is 17.0 Å². The Bertz CT molecular complexity index is 1350.